The summed E-state index contributed by atoms with van der Waals surface area (Å²) in [5.74, 6) is -0.407. The van der Waals surface area contributed by atoms with Crippen molar-refractivity contribution in [2.24, 2.45) is 0 Å². The first-order valence-electron chi connectivity index (χ1n) is 10.4. The number of fused-ring (bicyclic) bond motifs is 1. The average Bonchev–Trinajstić information content (AvgIpc) is 2.80. The molecule has 3 rings (SSSR count). The molecule has 33 heavy (non-hydrogen) atoms. The highest BCUT2D eigenvalue weighted by Crippen LogP contribution is 2.25. The Kier molecular flexibility index (Phi) is 7.79. The summed E-state index contributed by atoms with van der Waals surface area (Å²) in [6, 6.07) is 8.66. The molecule has 0 aliphatic carbocycles. The Labute approximate surface area is 191 Å². The van der Waals surface area contributed by atoms with Gasteiger partial charge in [-0.1, -0.05) is 13.8 Å². The van der Waals surface area contributed by atoms with Gasteiger partial charge in [0.15, 0.2) is 0 Å². The number of sulfonamides is 1. The van der Waals surface area contributed by atoms with E-state index in [9.17, 15) is 18.0 Å². The average molecular weight is 475 g/mol. The molecule has 176 valence electrons. The number of pyridine rings is 2. The summed E-state index contributed by atoms with van der Waals surface area (Å²) in [6.45, 7) is 4.69. The minimum atomic E-state index is -3.76. The molecular formula is C22H26N4O6S. The Morgan fingerprint density at radius 2 is 1.91 bits per heavy atom. The molecule has 0 fully saturated rings. The number of hydrogen-bond acceptors (Lipinski definition) is 7. The van der Waals surface area contributed by atoms with E-state index < -0.39 is 21.5 Å². The van der Waals surface area contributed by atoms with Gasteiger partial charge in [0.1, 0.15) is 12.3 Å². The van der Waals surface area contributed by atoms with Crippen LogP contribution in [0, 0.1) is 0 Å². The Balaban J connectivity index is 2.03. The standard InChI is InChI=1S/C22H26N4O6S/c1-4-26(5-2)33(29,30)15-8-9-18-16(13-15)17(14-20(27)24-18)21(28)25-19-7-6-10-23-22(19)32-12-11-31-3/h6-10,13-14H,4-5,11-12H2,1-3H3,(H,24,27)(H,25,28). The molecule has 0 radical (unpaired) electrons. The SMILES string of the molecule is CCN(CC)S(=O)(=O)c1ccc2[nH]c(=O)cc(C(=O)Nc3cccnc3OCCOC)c2c1. The Morgan fingerprint density at radius 3 is 2.61 bits per heavy atom. The van der Waals surface area contributed by atoms with E-state index >= 15 is 0 Å². The summed E-state index contributed by atoms with van der Waals surface area (Å²) in [5, 5.41) is 2.99. The highest BCUT2D eigenvalue weighted by atomic mass is 32.2. The van der Waals surface area contributed by atoms with E-state index in [1.807, 2.05) is 0 Å². The molecule has 1 aromatic carbocycles. The van der Waals surface area contributed by atoms with Crippen LogP contribution in [0.15, 0.2) is 52.3 Å². The molecule has 0 unspecified atom stereocenters. The molecule has 1 amide bonds. The molecule has 0 spiro atoms. The summed E-state index contributed by atoms with van der Waals surface area (Å²) in [5.41, 5.74) is 0.180. The second-order valence-electron chi connectivity index (χ2n) is 7.00. The zero-order valence-corrected chi connectivity index (χ0v) is 19.4. The fourth-order valence-corrected chi connectivity index (χ4v) is 4.79. The van der Waals surface area contributed by atoms with Gasteiger partial charge < -0.3 is 19.8 Å². The molecule has 0 aliphatic heterocycles. The molecule has 0 bridgehead atoms. The molecule has 3 aromatic rings. The van der Waals surface area contributed by atoms with E-state index in [2.05, 4.69) is 15.3 Å². The fraction of sp³-hybridized carbons (Fsp3) is 0.318. The van der Waals surface area contributed by atoms with Crippen LogP contribution >= 0.6 is 0 Å². The number of anilines is 1. The van der Waals surface area contributed by atoms with Crippen molar-refractivity contribution in [3.8, 4) is 5.88 Å². The van der Waals surface area contributed by atoms with E-state index in [0.29, 0.717) is 36.3 Å². The van der Waals surface area contributed by atoms with Crippen molar-refractivity contribution in [2.45, 2.75) is 18.7 Å². The molecule has 0 saturated heterocycles. The largest absolute Gasteiger partial charge is 0.474 e. The van der Waals surface area contributed by atoms with Crippen molar-refractivity contribution in [3.05, 3.63) is 58.5 Å². The van der Waals surface area contributed by atoms with Crippen molar-refractivity contribution >= 4 is 32.5 Å². The van der Waals surface area contributed by atoms with E-state index in [-0.39, 0.29) is 22.9 Å². The van der Waals surface area contributed by atoms with Crippen molar-refractivity contribution < 1.29 is 22.7 Å². The van der Waals surface area contributed by atoms with Gasteiger partial charge >= 0.3 is 0 Å². The van der Waals surface area contributed by atoms with E-state index in [4.69, 9.17) is 9.47 Å². The maximum atomic E-state index is 13.1. The van der Waals surface area contributed by atoms with Crippen LogP contribution in [0.25, 0.3) is 10.9 Å². The fourth-order valence-electron chi connectivity index (χ4n) is 3.31. The monoisotopic (exact) mass is 474 g/mol. The first kappa shape index (κ1) is 24.4. The zero-order chi connectivity index (χ0) is 24.0. The maximum absolute atomic E-state index is 13.1. The minimum Gasteiger partial charge on any atom is -0.474 e. The van der Waals surface area contributed by atoms with Gasteiger partial charge in [0.2, 0.25) is 21.5 Å². The van der Waals surface area contributed by atoms with Crippen LogP contribution in [0.2, 0.25) is 0 Å². The maximum Gasteiger partial charge on any atom is 0.256 e. The molecule has 11 heteroatoms. The Bertz CT molecular complexity index is 1300. The molecule has 2 N–H and O–H groups in total. The molecule has 2 aromatic heterocycles. The lowest BCUT2D eigenvalue weighted by Gasteiger charge is -2.19. The van der Waals surface area contributed by atoms with Gasteiger partial charge in [-0.3, -0.25) is 9.59 Å². The van der Waals surface area contributed by atoms with Crippen molar-refractivity contribution in [3.63, 3.8) is 0 Å². The van der Waals surface area contributed by atoms with Crippen molar-refractivity contribution in [1.29, 1.82) is 0 Å². The Morgan fingerprint density at radius 1 is 1.15 bits per heavy atom. The Hall–Kier alpha value is -3.28. The second kappa shape index (κ2) is 10.6. The van der Waals surface area contributed by atoms with E-state index in [1.54, 1.807) is 26.0 Å². The molecule has 10 nitrogen and oxygen atoms in total. The summed E-state index contributed by atoms with van der Waals surface area (Å²) in [7, 11) is -2.22. The van der Waals surface area contributed by atoms with Gasteiger partial charge in [0.05, 0.1) is 17.1 Å². The first-order chi connectivity index (χ1) is 15.8. The van der Waals surface area contributed by atoms with Crippen LogP contribution < -0.4 is 15.6 Å². The van der Waals surface area contributed by atoms with Gasteiger partial charge in [-0.25, -0.2) is 13.4 Å². The highest BCUT2D eigenvalue weighted by Gasteiger charge is 2.23. The molecule has 2 heterocycles. The lowest BCUT2D eigenvalue weighted by atomic mass is 10.1. The number of aromatic amines is 1. The number of rotatable bonds is 10. The second-order valence-corrected chi connectivity index (χ2v) is 8.93. The lowest BCUT2D eigenvalue weighted by Crippen LogP contribution is -2.30. The van der Waals surface area contributed by atoms with Crippen LogP contribution in [0.3, 0.4) is 0 Å². The van der Waals surface area contributed by atoms with Gasteiger partial charge in [-0.2, -0.15) is 4.31 Å². The molecule has 0 saturated carbocycles. The van der Waals surface area contributed by atoms with Crippen LogP contribution in [0.1, 0.15) is 24.2 Å². The normalized spacial score (nSPS) is 11.6. The number of hydrogen-bond donors (Lipinski definition) is 2. The third kappa shape index (κ3) is 5.38. The number of carbonyl (C=O) groups excluding carboxylic acids is 1. The van der Waals surface area contributed by atoms with E-state index in [0.717, 1.165) is 6.07 Å². The number of nitrogens with one attached hydrogen (secondary N) is 2. The van der Waals surface area contributed by atoms with Crippen LogP contribution in [0.5, 0.6) is 5.88 Å². The van der Waals surface area contributed by atoms with E-state index in [1.165, 1.54) is 35.8 Å². The third-order valence-corrected chi connectivity index (χ3v) is 6.99. The topological polar surface area (TPSA) is 131 Å². The van der Waals surface area contributed by atoms with Crippen LogP contribution in [0.4, 0.5) is 5.69 Å². The summed E-state index contributed by atoms with van der Waals surface area (Å²) in [6.07, 6.45) is 1.52. The van der Waals surface area contributed by atoms with Crippen molar-refractivity contribution in [1.82, 2.24) is 14.3 Å². The van der Waals surface area contributed by atoms with Crippen molar-refractivity contribution in [2.75, 3.05) is 38.7 Å². The number of ether oxygens (including phenoxy) is 2. The molecule has 0 aliphatic rings. The predicted molar refractivity (Wildman–Crippen MR) is 124 cm³/mol. The smallest absolute Gasteiger partial charge is 0.256 e. The van der Waals surface area contributed by atoms with Gasteiger partial charge in [-0.05, 0) is 30.3 Å². The number of H-pyrrole nitrogens is 1. The summed E-state index contributed by atoms with van der Waals surface area (Å²) in [4.78, 5) is 32.1. The third-order valence-electron chi connectivity index (χ3n) is 4.95. The molecule has 0 atom stereocenters. The van der Waals surface area contributed by atoms with Crippen LogP contribution in [-0.2, 0) is 14.8 Å². The number of nitrogens with zero attached hydrogens (tertiary/aromatic N) is 2. The lowest BCUT2D eigenvalue weighted by molar-refractivity contribution is 0.102. The van der Waals surface area contributed by atoms with Crippen LogP contribution in [-0.4, -0.2) is 62.0 Å². The number of methoxy groups -OCH3 is 1. The zero-order valence-electron chi connectivity index (χ0n) is 18.6. The molecular weight excluding hydrogens is 448 g/mol. The van der Waals surface area contributed by atoms with Gasteiger partial charge in [-0.15, -0.1) is 0 Å². The number of benzene rings is 1. The first-order valence-corrected chi connectivity index (χ1v) is 11.8. The summed E-state index contributed by atoms with van der Waals surface area (Å²) >= 11 is 0. The summed E-state index contributed by atoms with van der Waals surface area (Å²) < 4.78 is 37.7. The number of amides is 1. The predicted octanol–water partition coefficient (Wildman–Crippen LogP) is 2.23. The van der Waals surface area contributed by atoms with Gasteiger partial charge in [0, 0.05) is 43.4 Å². The minimum absolute atomic E-state index is 0.0250. The quantitative estimate of drug-likeness (QED) is 0.431. The number of carbonyl (C=O) groups is 1. The van der Waals surface area contributed by atoms with Gasteiger partial charge in [0.25, 0.3) is 5.91 Å². The highest BCUT2D eigenvalue weighted by molar-refractivity contribution is 7.89. The number of aromatic nitrogens is 2.